The minimum atomic E-state index is 0. The van der Waals surface area contributed by atoms with E-state index in [1.807, 2.05) is 0 Å². The fourth-order valence-corrected chi connectivity index (χ4v) is 3.06. The quantitative estimate of drug-likeness (QED) is 0.220. The molecule has 4 N–H and O–H groups in total. The molecule has 4 aromatic rings. The van der Waals surface area contributed by atoms with E-state index in [4.69, 9.17) is 0 Å². The first-order valence-electron chi connectivity index (χ1n) is 7.95. The Balaban J connectivity index is 0.00000157. The summed E-state index contributed by atoms with van der Waals surface area (Å²) in [7, 11) is 0. The average Bonchev–Trinajstić information content (AvgIpc) is 3.32. The number of nitrogens with one attached hydrogen (secondary N) is 4. The van der Waals surface area contributed by atoms with E-state index in [0.717, 1.165) is 44.2 Å². The Morgan fingerprint density at radius 3 is 0.920 bits per heavy atom. The second-order valence-corrected chi connectivity index (χ2v) is 6.05. The van der Waals surface area contributed by atoms with Gasteiger partial charge in [0, 0.05) is 71.8 Å². The second-order valence-electron chi connectivity index (χ2n) is 6.05. The Morgan fingerprint density at radius 2 is 0.640 bits per heavy atom. The summed E-state index contributed by atoms with van der Waals surface area (Å²) >= 11 is 0. The number of rotatable bonds is 0. The van der Waals surface area contributed by atoms with Crippen LogP contribution < -0.4 is 21.4 Å². The van der Waals surface area contributed by atoms with E-state index >= 15 is 0 Å². The van der Waals surface area contributed by atoms with Crippen LogP contribution >= 0.6 is 0 Å². The molecule has 0 aromatic carbocycles. The van der Waals surface area contributed by atoms with Crippen LogP contribution in [0.3, 0.4) is 0 Å². The average molecular weight is 513 g/mol. The molecule has 0 unspecified atom stereocenters. The van der Waals surface area contributed by atoms with Crippen LogP contribution in [0.4, 0.5) is 0 Å². The van der Waals surface area contributed by atoms with Gasteiger partial charge in [0.25, 0.3) is 0 Å². The van der Waals surface area contributed by atoms with Crippen molar-refractivity contribution in [1.29, 1.82) is 0 Å². The molecular weight excluding hydrogens is 497 g/mol. The number of hydrogen-bond donors (Lipinski definition) is 4. The molecule has 1 aliphatic rings. The van der Waals surface area contributed by atoms with E-state index in [1.54, 1.807) is 0 Å². The van der Waals surface area contributed by atoms with Crippen LogP contribution in [0, 0.1) is 0 Å². The molecule has 118 valence electrons. The van der Waals surface area contributed by atoms with Gasteiger partial charge in [-0.05, 0) is 72.8 Å². The van der Waals surface area contributed by atoms with Gasteiger partial charge >= 0.3 is 0 Å². The number of aromatic nitrogens is 4. The number of fused-ring (bicyclic) bond motifs is 8. The Labute approximate surface area is 164 Å². The van der Waals surface area contributed by atoms with Gasteiger partial charge in [-0.1, -0.05) is 0 Å². The smallest absolute Gasteiger partial charge is 0.0405 e. The van der Waals surface area contributed by atoms with Crippen molar-refractivity contribution >= 4 is 24.3 Å². The molecule has 0 aliphatic carbocycles. The Bertz CT molecular complexity index is 1070. The molecule has 4 nitrogen and oxygen atoms in total. The van der Waals surface area contributed by atoms with Gasteiger partial charge in [-0.15, -0.1) is 0 Å². The van der Waals surface area contributed by atoms with Crippen LogP contribution in [0.2, 0.25) is 0 Å². The second kappa shape index (κ2) is 6.45. The molecule has 25 heavy (non-hydrogen) atoms. The molecule has 4 aromatic heterocycles. The zero-order valence-electron chi connectivity index (χ0n) is 13.6. The minimum absolute atomic E-state index is 0. The summed E-state index contributed by atoms with van der Waals surface area (Å²) in [5, 5.41) is 4.29. The maximum Gasteiger partial charge on any atom is 0.0405 e. The van der Waals surface area contributed by atoms with E-state index in [1.165, 1.54) is 0 Å². The van der Waals surface area contributed by atoms with Crippen molar-refractivity contribution in [3.05, 3.63) is 92.7 Å². The van der Waals surface area contributed by atoms with Crippen molar-refractivity contribution in [2.24, 2.45) is 0 Å². The zero-order chi connectivity index (χ0) is 15.9. The van der Waals surface area contributed by atoms with Gasteiger partial charge in [0.2, 0.25) is 0 Å². The molecule has 1 aliphatic heterocycles. The van der Waals surface area contributed by atoms with E-state index in [2.05, 4.69) is 92.8 Å². The van der Waals surface area contributed by atoms with Crippen molar-refractivity contribution in [3.63, 3.8) is 0 Å². The molecule has 0 fully saturated rings. The largest absolute Gasteiger partial charge is 0.355 e. The van der Waals surface area contributed by atoms with Crippen LogP contribution in [0.25, 0.3) is 24.3 Å². The first-order chi connectivity index (χ1) is 11.8. The fourth-order valence-electron chi connectivity index (χ4n) is 3.06. The Morgan fingerprint density at radius 1 is 0.360 bits per heavy atom. The van der Waals surface area contributed by atoms with Gasteiger partial charge in [-0.2, -0.15) is 0 Å². The summed E-state index contributed by atoms with van der Waals surface area (Å²) in [6, 6.07) is 16.7. The van der Waals surface area contributed by atoms with Gasteiger partial charge in [-0.3, -0.25) is 0 Å². The third-order valence-electron chi connectivity index (χ3n) is 4.17. The first kappa shape index (κ1) is 16.0. The van der Waals surface area contributed by atoms with Crippen molar-refractivity contribution < 1.29 is 27.7 Å². The van der Waals surface area contributed by atoms with E-state index in [-0.39, 0.29) is 27.7 Å². The maximum absolute atomic E-state index is 3.42. The van der Waals surface area contributed by atoms with E-state index in [9.17, 15) is 0 Å². The summed E-state index contributed by atoms with van der Waals surface area (Å²) in [4.78, 5) is 13.7. The molecular formula is C20H16HgN4. The number of aromatic amines is 4. The summed E-state index contributed by atoms with van der Waals surface area (Å²) in [6.45, 7) is 0. The van der Waals surface area contributed by atoms with E-state index in [0.29, 0.717) is 0 Å². The summed E-state index contributed by atoms with van der Waals surface area (Å²) in [5.41, 5.74) is 4.29. The molecule has 8 bridgehead atoms. The van der Waals surface area contributed by atoms with Gasteiger partial charge in [-0.25, -0.2) is 0 Å². The van der Waals surface area contributed by atoms with Crippen molar-refractivity contribution in [1.82, 2.24) is 19.9 Å². The molecule has 5 heterocycles. The Kier molecular flexibility index (Phi) is 4.13. The van der Waals surface area contributed by atoms with Crippen LogP contribution in [0.15, 0.2) is 48.5 Å². The van der Waals surface area contributed by atoms with Crippen LogP contribution in [0.5, 0.6) is 0 Å². The standard InChI is InChI=1S/C20H16N4.Hg/c1-2-14-10-16-5-6-18(23-16)12-20-8-7-19(24-20)11-17-4-3-15(22-17)9-13(1)21-14;/h1-12,21-24H;. The first-order valence-corrected chi connectivity index (χ1v) is 7.95. The van der Waals surface area contributed by atoms with Crippen LogP contribution in [0.1, 0.15) is 22.8 Å². The number of H-pyrrole nitrogens is 4. The van der Waals surface area contributed by atoms with Gasteiger partial charge in [0.05, 0.1) is 0 Å². The third-order valence-corrected chi connectivity index (χ3v) is 4.17. The molecule has 0 saturated carbocycles. The molecule has 5 heteroatoms. The summed E-state index contributed by atoms with van der Waals surface area (Å²) < 4.78 is 0. The zero-order valence-corrected chi connectivity index (χ0v) is 19.1. The third kappa shape index (κ3) is 3.35. The van der Waals surface area contributed by atoms with Crippen molar-refractivity contribution in [2.75, 3.05) is 0 Å². The molecule has 0 saturated heterocycles. The monoisotopic (exact) mass is 514 g/mol. The Hall–Kier alpha value is -2.46. The van der Waals surface area contributed by atoms with E-state index < -0.39 is 0 Å². The normalized spacial score (nSPS) is 12.2. The number of hydrogen-bond acceptors (Lipinski definition) is 0. The molecule has 0 radical (unpaired) electrons. The molecule has 0 atom stereocenters. The fraction of sp³-hybridized carbons (Fsp3) is 0. The van der Waals surface area contributed by atoms with Crippen molar-refractivity contribution in [2.45, 2.75) is 0 Å². The summed E-state index contributed by atoms with van der Waals surface area (Å²) in [5.74, 6) is 0. The van der Waals surface area contributed by atoms with Crippen LogP contribution in [-0.2, 0) is 27.7 Å². The van der Waals surface area contributed by atoms with Crippen LogP contribution in [-0.4, -0.2) is 19.9 Å². The van der Waals surface area contributed by atoms with Gasteiger partial charge in [0.15, 0.2) is 0 Å². The predicted molar refractivity (Wildman–Crippen MR) is 95.9 cm³/mol. The molecule has 5 rings (SSSR count). The summed E-state index contributed by atoms with van der Waals surface area (Å²) in [6.07, 6.45) is 8.42. The predicted octanol–water partition coefficient (Wildman–Crippen LogP) is 0.625. The van der Waals surface area contributed by atoms with Crippen molar-refractivity contribution in [3.8, 4) is 0 Å². The minimum Gasteiger partial charge on any atom is -0.355 e. The molecule has 0 amide bonds. The maximum atomic E-state index is 3.42. The van der Waals surface area contributed by atoms with Gasteiger partial charge < -0.3 is 19.9 Å². The van der Waals surface area contributed by atoms with Gasteiger partial charge in [0.1, 0.15) is 0 Å². The SMILES string of the molecule is C1=c2ccc([nH]2)=Cc2ccc([nH]2)C=c2ccc([nH]2)=Cc2ccc1[nH]2.[Hg]. The topological polar surface area (TPSA) is 63.2 Å². The molecule has 0 spiro atoms.